The Kier molecular flexibility index (Phi) is 4.58. The van der Waals surface area contributed by atoms with Crippen LogP contribution in [-0.2, 0) is 9.59 Å². The molecule has 0 aromatic heterocycles. The molecule has 0 aliphatic rings. The van der Waals surface area contributed by atoms with Gasteiger partial charge in [-0.2, -0.15) is 0 Å². The molecule has 8 heteroatoms. The van der Waals surface area contributed by atoms with Crippen molar-refractivity contribution in [1.82, 2.24) is 0 Å². The van der Waals surface area contributed by atoms with Gasteiger partial charge in [0.1, 0.15) is 5.75 Å². The molecule has 19 heavy (non-hydrogen) atoms. The van der Waals surface area contributed by atoms with Gasteiger partial charge < -0.3 is 15.2 Å². The van der Waals surface area contributed by atoms with Crippen molar-refractivity contribution in [2.75, 3.05) is 12.4 Å². The van der Waals surface area contributed by atoms with Crippen molar-refractivity contribution in [2.45, 2.75) is 0 Å². The summed E-state index contributed by atoms with van der Waals surface area (Å²) in [6.07, 6.45) is 1.44. The third-order valence-electron chi connectivity index (χ3n) is 2.03. The van der Waals surface area contributed by atoms with E-state index in [2.05, 4.69) is 5.32 Å². The number of nitrogens with zero attached hydrogens (tertiary/aromatic N) is 1. The number of ether oxygens (including phenoxy) is 1. The van der Waals surface area contributed by atoms with Crippen molar-refractivity contribution >= 4 is 23.3 Å². The molecule has 2 N–H and O–H groups in total. The van der Waals surface area contributed by atoms with E-state index in [4.69, 9.17) is 9.84 Å². The largest absolute Gasteiger partial charge is 0.495 e. The lowest BCUT2D eigenvalue weighted by atomic mass is 10.2. The van der Waals surface area contributed by atoms with Crippen LogP contribution in [-0.4, -0.2) is 29.0 Å². The maximum Gasteiger partial charge on any atom is 0.328 e. The van der Waals surface area contributed by atoms with Gasteiger partial charge in [0.2, 0.25) is 5.91 Å². The van der Waals surface area contributed by atoms with Crippen LogP contribution in [0.25, 0.3) is 0 Å². The highest BCUT2D eigenvalue weighted by Crippen LogP contribution is 2.28. The molecule has 0 saturated heterocycles. The Morgan fingerprint density at radius 1 is 1.42 bits per heavy atom. The molecule has 0 saturated carbocycles. The second kappa shape index (κ2) is 6.15. The summed E-state index contributed by atoms with van der Waals surface area (Å²) in [4.78, 5) is 31.6. The lowest BCUT2D eigenvalue weighted by Gasteiger charge is -2.08. The number of methoxy groups -OCH3 is 1. The Morgan fingerprint density at radius 3 is 2.63 bits per heavy atom. The highest BCUT2D eigenvalue weighted by Gasteiger charge is 2.12. The SMILES string of the molecule is COc1ccc([N+](=O)[O-])cc1NC(=O)/C=C/C(=O)O. The smallest absolute Gasteiger partial charge is 0.328 e. The minimum absolute atomic E-state index is 0.0803. The highest BCUT2D eigenvalue weighted by molar-refractivity contribution is 6.03. The van der Waals surface area contributed by atoms with Gasteiger partial charge in [-0.05, 0) is 6.07 Å². The summed E-state index contributed by atoms with van der Waals surface area (Å²) in [5.74, 6) is -1.79. The molecule has 0 aliphatic heterocycles. The van der Waals surface area contributed by atoms with E-state index in [0.29, 0.717) is 6.08 Å². The number of hydrogen-bond acceptors (Lipinski definition) is 5. The standard InChI is InChI=1S/C11H10N2O6/c1-19-9-3-2-7(13(17)18)6-8(9)12-10(14)4-5-11(15)16/h2-6H,1H3,(H,12,14)(H,15,16)/b5-4+. The molecule has 0 unspecified atom stereocenters. The third-order valence-corrected chi connectivity index (χ3v) is 2.03. The zero-order valence-corrected chi connectivity index (χ0v) is 9.82. The van der Waals surface area contributed by atoms with Crippen LogP contribution in [0.1, 0.15) is 0 Å². The number of benzene rings is 1. The monoisotopic (exact) mass is 266 g/mol. The van der Waals surface area contributed by atoms with Crippen molar-refractivity contribution in [1.29, 1.82) is 0 Å². The molecule has 1 aromatic carbocycles. The van der Waals surface area contributed by atoms with Crippen molar-refractivity contribution in [3.05, 3.63) is 40.5 Å². The van der Waals surface area contributed by atoms with Crippen LogP contribution >= 0.6 is 0 Å². The Labute approximate surface area is 107 Å². The lowest BCUT2D eigenvalue weighted by molar-refractivity contribution is -0.384. The Balaban J connectivity index is 2.98. The van der Waals surface area contributed by atoms with Crippen LogP contribution in [0.5, 0.6) is 5.75 Å². The molecule has 0 radical (unpaired) electrons. The second-order valence-electron chi connectivity index (χ2n) is 3.30. The van der Waals surface area contributed by atoms with Gasteiger partial charge >= 0.3 is 5.97 Å². The van der Waals surface area contributed by atoms with Gasteiger partial charge in [0.05, 0.1) is 17.7 Å². The van der Waals surface area contributed by atoms with Gasteiger partial charge in [0.15, 0.2) is 0 Å². The zero-order valence-electron chi connectivity index (χ0n) is 9.82. The quantitative estimate of drug-likeness (QED) is 0.469. The van der Waals surface area contributed by atoms with Crippen LogP contribution in [0.3, 0.4) is 0 Å². The molecule has 0 bridgehead atoms. The van der Waals surface area contributed by atoms with Gasteiger partial charge in [-0.3, -0.25) is 14.9 Å². The fourth-order valence-electron chi connectivity index (χ4n) is 1.23. The van der Waals surface area contributed by atoms with E-state index < -0.39 is 16.8 Å². The number of nitro benzene ring substituents is 1. The maximum absolute atomic E-state index is 11.4. The number of nitro groups is 1. The molecular formula is C11H10N2O6. The number of hydrogen-bond donors (Lipinski definition) is 2. The highest BCUT2D eigenvalue weighted by atomic mass is 16.6. The van der Waals surface area contributed by atoms with Gasteiger partial charge in [-0.15, -0.1) is 0 Å². The summed E-state index contributed by atoms with van der Waals surface area (Å²) in [6.45, 7) is 0. The van der Waals surface area contributed by atoms with Crippen molar-refractivity contribution in [3.63, 3.8) is 0 Å². The summed E-state index contributed by atoms with van der Waals surface area (Å²) in [6, 6.07) is 3.67. The van der Waals surface area contributed by atoms with E-state index in [0.717, 1.165) is 12.1 Å². The predicted molar refractivity (Wildman–Crippen MR) is 65.1 cm³/mol. The number of nitrogens with one attached hydrogen (secondary N) is 1. The average molecular weight is 266 g/mol. The number of rotatable bonds is 5. The first-order chi connectivity index (χ1) is 8.93. The number of non-ortho nitro benzene ring substituents is 1. The van der Waals surface area contributed by atoms with E-state index in [1.54, 1.807) is 0 Å². The summed E-state index contributed by atoms with van der Waals surface area (Å²) in [7, 11) is 1.34. The fourth-order valence-corrected chi connectivity index (χ4v) is 1.23. The van der Waals surface area contributed by atoms with Crippen molar-refractivity contribution in [3.8, 4) is 5.75 Å². The van der Waals surface area contributed by atoms with Crippen molar-refractivity contribution < 1.29 is 24.4 Å². The van der Waals surface area contributed by atoms with E-state index in [9.17, 15) is 19.7 Å². The first-order valence-corrected chi connectivity index (χ1v) is 4.98. The molecule has 0 spiro atoms. The predicted octanol–water partition coefficient (Wildman–Crippen LogP) is 1.18. The molecule has 8 nitrogen and oxygen atoms in total. The lowest BCUT2D eigenvalue weighted by Crippen LogP contribution is -2.10. The topological polar surface area (TPSA) is 119 Å². The molecule has 1 aromatic rings. The van der Waals surface area contributed by atoms with Gasteiger partial charge in [0.25, 0.3) is 5.69 Å². The Hall–Kier alpha value is -2.90. The molecular weight excluding hydrogens is 256 g/mol. The number of carbonyl (C=O) groups is 2. The van der Waals surface area contributed by atoms with Crippen LogP contribution in [0.15, 0.2) is 30.4 Å². The normalized spacial score (nSPS) is 10.2. The Morgan fingerprint density at radius 2 is 2.11 bits per heavy atom. The second-order valence-corrected chi connectivity index (χ2v) is 3.30. The number of carboxylic acid groups (broad SMARTS) is 1. The Bertz CT molecular complexity index is 552. The maximum atomic E-state index is 11.4. The molecule has 100 valence electrons. The van der Waals surface area contributed by atoms with Gasteiger partial charge in [-0.1, -0.05) is 0 Å². The summed E-state index contributed by atoms with van der Waals surface area (Å²) < 4.78 is 4.93. The number of carboxylic acids is 1. The van der Waals surface area contributed by atoms with Crippen LogP contribution in [0.4, 0.5) is 11.4 Å². The van der Waals surface area contributed by atoms with Crippen molar-refractivity contribution in [2.24, 2.45) is 0 Å². The van der Waals surface area contributed by atoms with E-state index in [1.165, 1.54) is 19.2 Å². The molecule has 0 atom stereocenters. The number of carbonyl (C=O) groups excluding carboxylic acids is 1. The van der Waals surface area contributed by atoms with E-state index in [1.807, 2.05) is 0 Å². The minimum atomic E-state index is -1.28. The van der Waals surface area contributed by atoms with Crippen LogP contribution in [0.2, 0.25) is 0 Å². The first-order valence-electron chi connectivity index (χ1n) is 4.98. The number of aliphatic carboxylic acids is 1. The van der Waals surface area contributed by atoms with Gasteiger partial charge in [-0.25, -0.2) is 4.79 Å². The minimum Gasteiger partial charge on any atom is -0.495 e. The number of anilines is 1. The molecule has 0 heterocycles. The fraction of sp³-hybridized carbons (Fsp3) is 0.0909. The summed E-state index contributed by atoms with van der Waals surface area (Å²) in [5, 5.41) is 21.3. The zero-order chi connectivity index (χ0) is 14.4. The summed E-state index contributed by atoms with van der Waals surface area (Å²) >= 11 is 0. The third kappa shape index (κ3) is 4.11. The molecule has 0 fully saturated rings. The molecule has 1 amide bonds. The first kappa shape index (κ1) is 14.2. The van der Waals surface area contributed by atoms with Crippen LogP contribution < -0.4 is 10.1 Å². The average Bonchev–Trinajstić information content (AvgIpc) is 2.36. The number of amides is 1. The molecule has 0 aliphatic carbocycles. The summed E-state index contributed by atoms with van der Waals surface area (Å²) in [5.41, 5.74) is -0.143. The van der Waals surface area contributed by atoms with E-state index >= 15 is 0 Å². The molecule has 1 rings (SSSR count). The van der Waals surface area contributed by atoms with Crippen LogP contribution in [0, 0.1) is 10.1 Å². The van der Waals surface area contributed by atoms with Gasteiger partial charge in [0, 0.05) is 24.3 Å². The van der Waals surface area contributed by atoms with E-state index in [-0.39, 0.29) is 17.1 Å².